The van der Waals surface area contributed by atoms with Gasteiger partial charge in [0.2, 0.25) is 5.91 Å². The van der Waals surface area contributed by atoms with Gasteiger partial charge in [-0.2, -0.15) is 13.2 Å². The fourth-order valence-corrected chi connectivity index (χ4v) is 4.15. The smallest absolute Gasteiger partial charge is 0.342 e. The molecule has 0 aliphatic carbocycles. The number of amides is 1. The van der Waals surface area contributed by atoms with E-state index in [4.69, 9.17) is 4.52 Å². The summed E-state index contributed by atoms with van der Waals surface area (Å²) in [6.45, 7) is 4.55. The summed E-state index contributed by atoms with van der Waals surface area (Å²) in [7, 11) is 0. The number of alkyl halides is 3. The highest BCUT2D eigenvalue weighted by Gasteiger charge is 2.38. The number of imidazole rings is 1. The molecule has 1 aliphatic rings. The Balaban J connectivity index is 1.59. The SMILES string of the molecule is CCc1cc(C(F)(F)F)c2c(C3CCCN(C(=O)CC(C)n4ccnc4)C3)noc2n1. The van der Waals surface area contributed by atoms with E-state index in [0.717, 1.165) is 6.07 Å². The third-order valence-corrected chi connectivity index (χ3v) is 5.86. The lowest BCUT2D eigenvalue weighted by molar-refractivity contribution is -0.136. The van der Waals surface area contributed by atoms with Crippen molar-refractivity contribution in [1.82, 2.24) is 24.6 Å². The molecule has 2 unspecified atom stereocenters. The van der Waals surface area contributed by atoms with Gasteiger partial charge in [-0.05, 0) is 32.3 Å². The van der Waals surface area contributed by atoms with Gasteiger partial charge in [0.1, 0.15) is 0 Å². The Kier molecular flexibility index (Phi) is 5.72. The Morgan fingerprint density at radius 3 is 2.87 bits per heavy atom. The molecule has 1 saturated heterocycles. The van der Waals surface area contributed by atoms with Gasteiger partial charge in [-0.1, -0.05) is 12.1 Å². The number of likely N-dealkylation sites (tertiary alicyclic amines) is 1. The summed E-state index contributed by atoms with van der Waals surface area (Å²) in [6.07, 6.45) is 2.54. The monoisotopic (exact) mass is 435 g/mol. The van der Waals surface area contributed by atoms with E-state index in [1.165, 1.54) is 0 Å². The van der Waals surface area contributed by atoms with E-state index in [0.29, 0.717) is 38.0 Å². The van der Waals surface area contributed by atoms with Crippen LogP contribution < -0.4 is 0 Å². The van der Waals surface area contributed by atoms with Crippen molar-refractivity contribution in [3.63, 3.8) is 0 Å². The Labute approximate surface area is 177 Å². The summed E-state index contributed by atoms with van der Waals surface area (Å²) < 4.78 is 48.4. The van der Waals surface area contributed by atoms with Gasteiger partial charge in [-0.3, -0.25) is 4.79 Å². The number of halogens is 3. The molecule has 0 bridgehead atoms. The molecule has 2 atom stereocenters. The van der Waals surface area contributed by atoms with Crippen LogP contribution in [0.5, 0.6) is 0 Å². The molecule has 0 spiro atoms. The number of hydrogen-bond donors (Lipinski definition) is 0. The maximum Gasteiger partial charge on any atom is 0.417 e. The number of fused-ring (bicyclic) bond motifs is 1. The number of carbonyl (C=O) groups is 1. The van der Waals surface area contributed by atoms with E-state index < -0.39 is 11.7 Å². The molecular weight excluding hydrogens is 411 g/mol. The zero-order valence-electron chi connectivity index (χ0n) is 17.4. The first-order valence-electron chi connectivity index (χ1n) is 10.4. The topological polar surface area (TPSA) is 77.0 Å². The molecule has 31 heavy (non-hydrogen) atoms. The number of piperidine rings is 1. The Bertz CT molecular complexity index is 1060. The Morgan fingerprint density at radius 2 is 2.19 bits per heavy atom. The third-order valence-electron chi connectivity index (χ3n) is 5.86. The molecule has 4 heterocycles. The highest BCUT2D eigenvalue weighted by atomic mass is 19.4. The molecule has 0 N–H and O–H groups in total. The summed E-state index contributed by atoms with van der Waals surface area (Å²) in [6, 6.07) is 1.01. The summed E-state index contributed by atoms with van der Waals surface area (Å²) in [5.74, 6) is -0.376. The van der Waals surface area contributed by atoms with E-state index in [2.05, 4.69) is 15.1 Å². The van der Waals surface area contributed by atoms with Crippen LogP contribution in [0.15, 0.2) is 29.3 Å². The molecule has 3 aromatic heterocycles. The van der Waals surface area contributed by atoms with E-state index in [9.17, 15) is 18.0 Å². The molecule has 3 aromatic rings. The molecule has 7 nitrogen and oxygen atoms in total. The fraction of sp³-hybridized carbons (Fsp3) is 0.524. The van der Waals surface area contributed by atoms with Crippen molar-refractivity contribution in [1.29, 1.82) is 0 Å². The zero-order chi connectivity index (χ0) is 22.2. The van der Waals surface area contributed by atoms with E-state index >= 15 is 0 Å². The van der Waals surface area contributed by atoms with Crippen molar-refractivity contribution < 1.29 is 22.5 Å². The average Bonchev–Trinajstić information content (AvgIpc) is 3.42. The van der Waals surface area contributed by atoms with Crippen LogP contribution in [-0.2, 0) is 17.4 Å². The van der Waals surface area contributed by atoms with Gasteiger partial charge < -0.3 is 14.0 Å². The first-order valence-corrected chi connectivity index (χ1v) is 10.4. The van der Waals surface area contributed by atoms with Gasteiger partial charge in [0.05, 0.1) is 23.0 Å². The van der Waals surface area contributed by atoms with Crippen LogP contribution in [-0.4, -0.2) is 43.6 Å². The minimum atomic E-state index is -4.55. The second kappa shape index (κ2) is 8.32. The van der Waals surface area contributed by atoms with Gasteiger partial charge in [-0.25, -0.2) is 9.97 Å². The van der Waals surface area contributed by atoms with Gasteiger partial charge in [0, 0.05) is 49.6 Å². The van der Waals surface area contributed by atoms with Crippen LogP contribution in [0.25, 0.3) is 11.1 Å². The van der Waals surface area contributed by atoms with Crippen molar-refractivity contribution in [3.05, 3.63) is 41.7 Å². The van der Waals surface area contributed by atoms with Gasteiger partial charge in [-0.15, -0.1) is 0 Å². The van der Waals surface area contributed by atoms with Crippen molar-refractivity contribution in [2.45, 2.75) is 57.7 Å². The lowest BCUT2D eigenvalue weighted by Crippen LogP contribution is -2.40. The van der Waals surface area contributed by atoms with Crippen LogP contribution in [0.2, 0.25) is 0 Å². The van der Waals surface area contributed by atoms with E-state index in [1.54, 1.807) is 30.5 Å². The van der Waals surface area contributed by atoms with E-state index in [1.807, 2.05) is 11.5 Å². The second-order valence-electron chi connectivity index (χ2n) is 8.00. The average molecular weight is 435 g/mol. The molecule has 0 saturated carbocycles. The minimum absolute atomic E-state index is 0.0406. The minimum Gasteiger partial charge on any atom is -0.342 e. The number of pyridine rings is 1. The number of rotatable bonds is 5. The van der Waals surface area contributed by atoms with Gasteiger partial charge in [0.15, 0.2) is 0 Å². The lowest BCUT2D eigenvalue weighted by Gasteiger charge is -2.33. The highest BCUT2D eigenvalue weighted by molar-refractivity contribution is 5.82. The predicted octanol–water partition coefficient (Wildman–Crippen LogP) is 4.36. The Hall–Kier alpha value is -2.91. The highest BCUT2D eigenvalue weighted by Crippen LogP contribution is 2.40. The van der Waals surface area contributed by atoms with Crippen LogP contribution in [0.1, 0.15) is 62.0 Å². The van der Waals surface area contributed by atoms with Gasteiger partial charge >= 0.3 is 6.18 Å². The second-order valence-corrected chi connectivity index (χ2v) is 8.00. The molecule has 0 radical (unpaired) electrons. The van der Waals surface area contributed by atoms with Crippen LogP contribution in [0.3, 0.4) is 0 Å². The molecule has 4 rings (SSSR count). The number of carbonyl (C=O) groups excluding carboxylic acids is 1. The number of aromatic nitrogens is 4. The molecule has 0 aromatic carbocycles. The molecule has 10 heteroatoms. The first kappa shape index (κ1) is 21.3. The summed E-state index contributed by atoms with van der Waals surface area (Å²) in [4.78, 5) is 22.7. The largest absolute Gasteiger partial charge is 0.417 e. The maximum atomic E-state index is 13.8. The first-order chi connectivity index (χ1) is 14.8. The maximum absolute atomic E-state index is 13.8. The quantitative estimate of drug-likeness (QED) is 0.595. The van der Waals surface area contributed by atoms with Crippen molar-refractivity contribution in [2.24, 2.45) is 0 Å². The Morgan fingerprint density at radius 1 is 1.39 bits per heavy atom. The predicted molar refractivity (Wildman–Crippen MR) is 106 cm³/mol. The van der Waals surface area contributed by atoms with E-state index in [-0.39, 0.29) is 41.1 Å². The fourth-order valence-electron chi connectivity index (χ4n) is 4.15. The van der Waals surface area contributed by atoms with Crippen molar-refractivity contribution in [3.8, 4) is 0 Å². The third kappa shape index (κ3) is 4.28. The van der Waals surface area contributed by atoms with Crippen LogP contribution >= 0.6 is 0 Å². The van der Waals surface area contributed by atoms with Crippen molar-refractivity contribution in [2.75, 3.05) is 13.1 Å². The standard InChI is InChI=1S/C21H24F3N5O2/c1-3-15-10-16(21(22,23)24)18-19(27-31-20(18)26-15)14-5-4-7-28(11-14)17(30)9-13(2)29-8-6-25-12-29/h6,8,10,12-14H,3-5,7,9,11H2,1-2H3. The van der Waals surface area contributed by atoms with Crippen molar-refractivity contribution >= 4 is 17.0 Å². The molecular formula is C21H24F3N5O2. The van der Waals surface area contributed by atoms with Crippen LogP contribution in [0.4, 0.5) is 13.2 Å². The lowest BCUT2D eigenvalue weighted by atomic mass is 9.91. The number of hydrogen-bond acceptors (Lipinski definition) is 5. The summed E-state index contributed by atoms with van der Waals surface area (Å²) >= 11 is 0. The molecule has 1 fully saturated rings. The number of nitrogens with zero attached hydrogens (tertiary/aromatic N) is 5. The normalized spacial score (nSPS) is 18.5. The molecule has 1 aliphatic heterocycles. The molecule has 1 amide bonds. The molecule has 166 valence electrons. The zero-order valence-corrected chi connectivity index (χ0v) is 17.4. The van der Waals surface area contributed by atoms with Crippen LogP contribution in [0, 0.1) is 0 Å². The number of aryl methyl sites for hydroxylation is 1. The summed E-state index contributed by atoms with van der Waals surface area (Å²) in [5, 5.41) is 3.89. The summed E-state index contributed by atoms with van der Waals surface area (Å²) in [5.41, 5.74) is -0.337. The van der Waals surface area contributed by atoms with Gasteiger partial charge in [0.25, 0.3) is 5.71 Å².